The smallest absolute Gasteiger partial charge is 0.309 e. The summed E-state index contributed by atoms with van der Waals surface area (Å²) in [6, 6.07) is 6.65. The maximum Gasteiger partial charge on any atom is 0.309 e. The highest BCUT2D eigenvalue weighted by atomic mass is 19.2. The maximum atomic E-state index is 15.7. The third-order valence-corrected chi connectivity index (χ3v) is 7.51. The molecule has 0 bridgehead atoms. The van der Waals surface area contributed by atoms with E-state index < -0.39 is 35.0 Å². The van der Waals surface area contributed by atoms with Gasteiger partial charge in [0.1, 0.15) is 17.7 Å². The first-order valence-corrected chi connectivity index (χ1v) is 12.5. The minimum absolute atomic E-state index is 0.0510. The normalized spacial score (nSPS) is 16.4. The van der Waals surface area contributed by atoms with E-state index in [-0.39, 0.29) is 25.1 Å². The van der Waals surface area contributed by atoms with E-state index in [1.54, 1.807) is 31.3 Å². The van der Waals surface area contributed by atoms with Gasteiger partial charge in [0.15, 0.2) is 11.6 Å². The van der Waals surface area contributed by atoms with Gasteiger partial charge in [-0.25, -0.2) is 17.6 Å². The van der Waals surface area contributed by atoms with Crippen LogP contribution in [0.3, 0.4) is 0 Å². The number of carbonyl (C=O) groups is 1. The van der Waals surface area contributed by atoms with E-state index in [9.17, 15) is 23.1 Å². The topological polar surface area (TPSA) is 74.7 Å². The van der Waals surface area contributed by atoms with E-state index in [1.807, 2.05) is 4.90 Å². The van der Waals surface area contributed by atoms with Gasteiger partial charge in [-0.3, -0.25) is 9.78 Å². The molecule has 1 unspecified atom stereocenters. The van der Waals surface area contributed by atoms with Crippen LogP contribution in [0.1, 0.15) is 43.0 Å². The standard InChI is InChI=1S/C28H31F4N3O3/c1-17-16-34-23-4-3-19(38-2)15-20(23)25(17)21(30)5-6-28(27(36)37)7-10-35(11-8-28)12-9-33-24-14-18(29)13-22(31)26(24)32/h3-4,13-16,21,33H,5-12H2,1-2H3,(H,36,37). The van der Waals surface area contributed by atoms with Crippen LogP contribution in [0, 0.1) is 29.8 Å². The molecule has 2 aromatic carbocycles. The van der Waals surface area contributed by atoms with Gasteiger partial charge in [0, 0.05) is 36.8 Å². The largest absolute Gasteiger partial charge is 0.497 e. The van der Waals surface area contributed by atoms with Crippen molar-refractivity contribution in [3.8, 4) is 5.75 Å². The molecule has 0 spiro atoms. The van der Waals surface area contributed by atoms with Crippen LogP contribution < -0.4 is 10.1 Å². The number of pyridine rings is 1. The number of anilines is 1. The monoisotopic (exact) mass is 533 g/mol. The molecule has 0 amide bonds. The van der Waals surface area contributed by atoms with E-state index in [0.29, 0.717) is 66.3 Å². The number of likely N-dealkylation sites (tertiary alicyclic amines) is 1. The van der Waals surface area contributed by atoms with Crippen LogP contribution in [0.5, 0.6) is 5.75 Å². The first kappa shape index (κ1) is 27.6. The average molecular weight is 534 g/mol. The number of piperidine rings is 1. The van der Waals surface area contributed by atoms with Crippen LogP contribution in [-0.4, -0.2) is 54.2 Å². The van der Waals surface area contributed by atoms with Gasteiger partial charge in [-0.2, -0.15) is 0 Å². The van der Waals surface area contributed by atoms with Gasteiger partial charge in [0.25, 0.3) is 0 Å². The first-order chi connectivity index (χ1) is 18.1. The summed E-state index contributed by atoms with van der Waals surface area (Å²) in [5, 5.41) is 13.4. The fourth-order valence-corrected chi connectivity index (χ4v) is 5.19. The van der Waals surface area contributed by atoms with Gasteiger partial charge in [0.05, 0.1) is 23.7 Å². The molecule has 1 aliphatic heterocycles. The number of carboxylic acid groups (broad SMARTS) is 1. The lowest BCUT2D eigenvalue weighted by Crippen LogP contribution is -2.45. The molecule has 1 fully saturated rings. The summed E-state index contributed by atoms with van der Waals surface area (Å²) in [4.78, 5) is 18.7. The Morgan fingerprint density at radius 1 is 1.21 bits per heavy atom. The van der Waals surface area contributed by atoms with Crippen molar-refractivity contribution in [3.05, 3.63) is 65.1 Å². The van der Waals surface area contributed by atoms with Crippen LogP contribution in [0.2, 0.25) is 0 Å². The van der Waals surface area contributed by atoms with Crippen molar-refractivity contribution in [2.75, 3.05) is 38.6 Å². The van der Waals surface area contributed by atoms with Gasteiger partial charge >= 0.3 is 5.97 Å². The molecule has 2 N–H and O–H groups in total. The molecule has 0 radical (unpaired) electrons. The second-order valence-corrected chi connectivity index (χ2v) is 9.85. The fraction of sp³-hybridized carbons (Fsp3) is 0.429. The average Bonchev–Trinajstić information content (AvgIpc) is 2.90. The minimum atomic E-state index is -1.37. The van der Waals surface area contributed by atoms with Crippen LogP contribution in [0.4, 0.5) is 23.2 Å². The van der Waals surface area contributed by atoms with Crippen molar-refractivity contribution in [1.29, 1.82) is 0 Å². The third kappa shape index (κ3) is 5.85. The van der Waals surface area contributed by atoms with E-state index in [2.05, 4.69) is 10.3 Å². The number of hydrogen-bond donors (Lipinski definition) is 2. The van der Waals surface area contributed by atoms with Crippen LogP contribution in [0.25, 0.3) is 10.9 Å². The maximum absolute atomic E-state index is 15.7. The number of alkyl halides is 1. The van der Waals surface area contributed by atoms with Crippen molar-refractivity contribution in [1.82, 2.24) is 9.88 Å². The summed E-state index contributed by atoms with van der Waals surface area (Å²) in [6.45, 7) is 3.36. The molecule has 6 nitrogen and oxygen atoms in total. The molecular formula is C28H31F4N3O3. The first-order valence-electron chi connectivity index (χ1n) is 12.5. The number of aryl methyl sites for hydroxylation is 1. The molecule has 38 heavy (non-hydrogen) atoms. The van der Waals surface area contributed by atoms with E-state index in [1.165, 1.54) is 7.11 Å². The SMILES string of the molecule is COc1ccc2ncc(C)c(C(F)CCC3(C(=O)O)CCN(CCNc4cc(F)cc(F)c4F)CC3)c2c1. The zero-order valence-corrected chi connectivity index (χ0v) is 21.4. The Hall–Kier alpha value is -3.40. The number of nitrogens with zero attached hydrogens (tertiary/aromatic N) is 2. The highest BCUT2D eigenvalue weighted by molar-refractivity contribution is 5.85. The van der Waals surface area contributed by atoms with Crippen LogP contribution >= 0.6 is 0 Å². The Morgan fingerprint density at radius 2 is 1.95 bits per heavy atom. The van der Waals surface area contributed by atoms with Crippen molar-refractivity contribution >= 4 is 22.6 Å². The number of methoxy groups -OCH3 is 1. The lowest BCUT2D eigenvalue weighted by Gasteiger charge is -2.39. The Bertz CT molecular complexity index is 1310. The number of carboxylic acids is 1. The van der Waals surface area contributed by atoms with E-state index in [0.717, 1.165) is 6.07 Å². The summed E-state index contributed by atoms with van der Waals surface area (Å²) >= 11 is 0. The Balaban J connectivity index is 1.37. The Morgan fingerprint density at radius 3 is 2.63 bits per heavy atom. The molecule has 2 heterocycles. The molecule has 0 saturated carbocycles. The zero-order valence-electron chi connectivity index (χ0n) is 21.4. The second kappa shape index (κ2) is 11.6. The van der Waals surface area contributed by atoms with Gasteiger partial charge in [-0.1, -0.05) is 0 Å². The molecular weight excluding hydrogens is 502 g/mol. The Kier molecular flexibility index (Phi) is 8.40. The summed E-state index contributed by atoms with van der Waals surface area (Å²) in [6.07, 6.45) is 1.16. The van der Waals surface area contributed by atoms with Crippen molar-refractivity contribution in [2.24, 2.45) is 5.41 Å². The molecule has 204 valence electrons. The number of fused-ring (bicyclic) bond motifs is 1. The van der Waals surface area contributed by atoms with Crippen LogP contribution in [-0.2, 0) is 4.79 Å². The van der Waals surface area contributed by atoms with Crippen molar-refractivity contribution in [3.63, 3.8) is 0 Å². The fourth-order valence-electron chi connectivity index (χ4n) is 5.19. The number of aliphatic carboxylic acids is 1. The van der Waals surface area contributed by atoms with E-state index >= 15 is 4.39 Å². The lowest BCUT2D eigenvalue weighted by molar-refractivity contribution is -0.153. The minimum Gasteiger partial charge on any atom is -0.497 e. The van der Waals surface area contributed by atoms with Crippen molar-refractivity contribution in [2.45, 2.75) is 38.8 Å². The predicted molar refractivity (Wildman–Crippen MR) is 137 cm³/mol. The summed E-state index contributed by atoms with van der Waals surface area (Å²) in [5.74, 6) is -3.65. The molecule has 3 aromatic rings. The Labute approximate surface area is 218 Å². The second-order valence-electron chi connectivity index (χ2n) is 9.85. The predicted octanol–water partition coefficient (Wildman–Crippen LogP) is 6.04. The molecule has 1 atom stereocenters. The van der Waals surface area contributed by atoms with Crippen molar-refractivity contribution < 1.29 is 32.2 Å². The van der Waals surface area contributed by atoms with Gasteiger partial charge in [-0.05, 0) is 75.0 Å². The number of aromatic nitrogens is 1. The van der Waals surface area contributed by atoms with Gasteiger partial charge in [-0.15, -0.1) is 0 Å². The van der Waals surface area contributed by atoms with Crippen LogP contribution in [0.15, 0.2) is 36.5 Å². The summed E-state index contributed by atoms with van der Waals surface area (Å²) in [7, 11) is 1.54. The zero-order chi connectivity index (χ0) is 27.4. The summed E-state index contributed by atoms with van der Waals surface area (Å²) < 4.78 is 61.6. The molecule has 1 aromatic heterocycles. The highest BCUT2D eigenvalue weighted by Gasteiger charge is 2.41. The highest BCUT2D eigenvalue weighted by Crippen LogP contribution is 2.41. The van der Waals surface area contributed by atoms with Gasteiger partial charge < -0.3 is 20.1 Å². The molecule has 1 saturated heterocycles. The van der Waals surface area contributed by atoms with E-state index in [4.69, 9.17) is 4.74 Å². The molecule has 1 aliphatic rings. The number of halogens is 4. The van der Waals surface area contributed by atoms with Gasteiger partial charge in [0.2, 0.25) is 0 Å². The number of benzene rings is 2. The third-order valence-electron chi connectivity index (χ3n) is 7.51. The number of hydrogen-bond acceptors (Lipinski definition) is 5. The lowest BCUT2D eigenvalue weighted by atomic mass is 9.74. The number of rotatable bonds is 10. The molecule has 4 rings (SSSR count). The molecule has 0 aliphatic carbocycles. The number of nitrogens with one attached hydrogen (secondary N) is 1. The molecule has 10 heteroatoms. The summed E-state index contributed by atoms with van der Waals surface area (Å²) in [5.41, 5.74) is 0.522. The quantitative estimate of drug-likeness (QED) is 0.245. The number of ether oxygens (including phenoxy) is 1.